The van der Waals surface area contributed by atoms with E-state index in [1.165, 1.54) is 0 Å². The van der Waals surface area contributed by atoms with Crippen molar-refractivity contribution in [1.82, 2.24) is 0 Å². The fourth-order valence-electron chi connectivity index (χ4n) is 2.78. The molecule has 0 radical (unpaired) electrons. The molecule has 0 heterocycles. The van der Waals surface area contributed by atoms with Gasteiger partial charge in [-0.15, -0.1) is 0 Å². The third-order valence-corrected chi connectivity index (χ3v) is 4.96. The van der Waals surface area contributed by atoms with E-state index < -0.39 is 10.1 Å². The monoisotopic (exact) mass is 344 g/mol. The first-order valence-corrected chi connectivity index (χ1v) is 9.31. The Kier molecular flexibility index (Phi) is 7.75. The topological polar surface area (TPSA) is 54.4 Å². The summed E-state index contributed by atoms with van der Waals surface area (Å²) >= 11 is 0. The molecular formula is C18H25NaO3S. The molecule has 0 unspecified atom stereocenters. The zero-order valence-corrected chi connectivity index (χ0v) is 14.3. The number of hydrogen-bond donors (Lipinski definition) is 1. The minimum absolute atomic E-state index is 0. The summed E-state index contributed by atoms with van der Waals surface area (Å²) in [6, 6.07) is 9.46. The predicted octanol–water partition coefficient (Wildman–Crippen LogP) is 4.25. The van der Waals surface area contributed by atoms with Crippen molar-refractivity contribution in [3.05, 3.63) is 41.5 Å². The molecule has 1 N–H and O–H groups in total. The van der Waals surface area contributed by atoms with Gasteiger partial charge in [0, 0.05) is 5.56 Å². The van der Waals surface area contributed by atoms with Crippen molar-refractivity contribution in [2.45, 2.75) is 57.3 Å². The van der Waals surface area contributed by atoms with Crippen molar-refractivity contribution < 1.29 is 13.0 Å². The molecule has 23 heavy (non-hydrogen) atoms. The molecule has 0 aromatic rings. The molecule has 2 aliphatic carbocycles. The first kappa shape index (κ1) is 20.7. The summed E-state index contributed by atoms with van der Waals surface area (Å²) in [7, 11) is -4.21. The Morgan fingerprint density at radius 3 is 2.35 bits per heavy atom. The van der Waals surface area contributed by atoms with E-state index in [-0.39, 0.29) is 34.5 Å². The van der Waals surface area contributed by atoms with Crippen LogP contribution in [0.2, 0.25) is 0 Å². The zero-order valence-electron chi connectivity index (χ0n) is 13.5. The maximum atomic E-state index is 11.7. The Bertz CT molecular complexity index is 723. The molecule has 0 saturated heterocycles. The summed E-state index contributed by atoms with van der Waals surface area (Å²) in [4.78, 5) is 0.0344. The van der Waals surface area contributed by atoms with Crippen LogP contribution in [-0.4, -0.2) is 42.5 Å². The Balaban J connectivity index is 0.00000264. The first-order chi connectivity index (χ1) is 10.3. The van der Waals surface area contributed by atoms with Crippen LogP contribution in [0.15, 0.2) is 35.2 Å². The van der Waals surface area contributed by atoms with Crippen LogP contribution in [-0.2, 0) is 16.5 Å². The molecule has 122 valence electrons. The van der Waals surface area contributed by atoms with Gasteiger partial charge in [0.05, 0.1) is 0 Å². The van der Waals surface area contributed by atoms with Gasteiger partial charge in [0.15, 0.2) is 0 Å². The standard InChI is InChI=1S/C18H24O3S.Na.H/c1-4-5-6-8-15-12-18(22(19,20)21)17-11-14(13(2)3)9-7-10-16(15)17;;/h7,9-13H,4-6,8H2,1-3H3,(H,19,20,21);;. The van der Waals surface area contributed by atoms with Gasteiger partial charge in [-0.3, -0.25) is 4.55 Å². The van der Waals surface area contributed by atoms with E-state index in [9.17, 15) is 13.0 Å². The van der Waals surface area contributed by atoms with Crippen molar-refractivity contribution in [1.29, 1.82) is 0 Å². The van der Waals surface area contributed by atoms with Crippen LogP contribution in [0.4, 0.5) is 0 Å². The van der Waals surface area contributed by atoms with Crippen molar-refractivity contribution >= 4 is 39.7 Å². The van der Waals surface area contributed by atoms with Gasteiger partial charge in [-0.2, -0.15) is 8.42 Å². The van der Waals surface area contributed by atoms with E-state index in [4.69, 9.17) is 0 Å². The van der Waals surface area contributed by atoms with Crippen molar-refractivity contribution in [3.8, 4) is 11.1 Å². The summed E-state index contributed by atoms with van der Waals surface area (Å²) in [5.74, 6) is 0.295. The number of fused-ring (bicyclic) bond motifs is 1. The van der Waals surface area contributed by atoms with Gasteiger partial charge in [0.1, 0.15) is 4.90 Å². The summed E-state index contributed by atoms with van der Waals surface area (Å²) in [6.45, 7) is 6.28. The van der Waals surface area contributed by atoms with Crippen LogP contribution in [0.3, 0.4) is 0 Å². The van der Waals surface area contributed by atoms with Gasteiger partial charge < -0.3 is 0 Å². The van der Waals surface area contributed by atoms with Crippen molar-refractivity contribution in [3.63, 3.8) is 0 Å². The number of hydrogen-bond acceptors (Lipinski definition) is 2. The molecule has 0 saturated carbocycles. The summed E-state index contributed by atoms with van der Waals surface area (Å²) in [6.07, 6.45) is 4.09. The molecule has 2 aliphatic rings. The van der Waals surface area contributed by atoms with E-state index in [1.54, 1.807) is 6.07 Å². The second-order valence-electron chi connectivity index (χ2n) is 6.12. The number of rotatable bonds is 6. The van der Waals surface area contributed by atoms with Crippen LogP contribution in [0.1, 0.15) is 57.1 Å². The average Bonchev–Trinajstić information content (AvgIpc) is 2.63. The van der Waals surface area contributed by atoms with E-state index in [2.05, 4.69) is 20.8 Å². The van der Waals surface area contributed by atoms with Crippen molar-refractivity contribution in [2.75, 3.05) is 0 Å². The van der Waals surface area contributed by atoms with Crippen LogP contribution in [0, 0.1) is 0 Å². The average molecular weight is 344 g/mol. The molecule has 0 aromatic carbocycles. The third kappa shape index (κ3) is 5.04. The van der Waals surface area contributed by atoms with Gasteiger partial charge in [-0.05, 0) is 47.6 Å². The third-order valence-electron chi connectivity index (χ3n) is 4.06. The van der Waals surface area contributed by atoms with Gasteiger partial charge in [-0.1, -0.05) is 51.8 Å². The zero-order chi connectivity index (χ0) is 16.3. The molecule has 0 amide bonds. The Morgan fingerprint density at radius 2 is 1.78 bits per heavy atom. The fourth-order valence-corrected chi connectivity index (χ4v) is 3.52. The van der Waals surface area contributed by atoms with E-state index in [0.717, 1.165) is 42.4 Å². The molecule has 0 bridgehead atoms. The molecule has 5 heteroatoms. The van der Waals surface area contributed by atoms with Gasteiger partial charge in [0.25, 0.3) is 10.1 Å². The van der Waals surface area contributed by atoms with E-state index >= 15 is 0 Å². The Hall–Kier alpha value is -0.390. The fraction of sp³-hybridized carbons (Fsp3) is 0.444. The van der Waals surface area contributed by atoms with E-state index in [0.29, 0.717) is 11.5 Å². The van der Waals surface area contributed by atoms with Crippen LogP contribution in [0.25, 0.3) is 11.1 Å². The summed E-state index contributed by atoms with van der Waals surface area (Å²) in [5.41, 5.74) is 3.62. The number of unbranched alkanes of at least 4 members (excludes halogenated alkanes) is 2. The molecule has 0 atom stereocenters. The van der Waals surface area contributed by atoms with Crippen LogP contribution in [0.5, 0.6) is 0 Å². The minimum atomic E-state index is -4.21. The summed E-state index contributed by atoms with van der Waals surface area (Å²) < 4.78 is 33.0. The second-order valence-corrected chi connectivity index (χ2v) is 7.51. The molecule has 0 aromatic heterocycles. The van der Waals surface area contributed by atoms with Crippen molar-refractivity contribution in [2.24, 2.45) is 0 Å². The van der Waals surface area contributed by atoms with E-state index in [1.807, 2.05) is 24.3 Å². The Labute approximate surface area is 161 Å². The van der Waals surface area contributed by atoms with Gasteiger partial charge in [-0.25, -0.2) is 0 Å². The SMILES string of the molecule is CCCCCc1cc(S(=O)(=O)O)c2cc(C(C)C)cccc1-2.[NaH]. The number of aryl methyl sites for hydroxylation is 1. The molecule has 0 spiro atoms. The molecule has 3 nitrogen and oxygen atoms in total. The first-order valence-electron chi connectivity index (χ1n) is 7.87. The predicted molar refractivity (Wildman–Crippen MR) is 97.3 cm³/mol. The Morgan fingerprint density at radius 1 is 1.09 bits per heavy atom. The van der Waals surface area contributed by atoms with Gasteiger partial charge in [0.2, 0.25) is 0 Å². The molecule has 0 fully saturated rings. The second kappa shape index (κ2) is 8.63. The summed E-state index contributed by atoms with van der Waals surface area (Å²) in [5, 5.41) is 0. The van der Waals surface area contributed by atoms with Gasteiger partial charge >= 0.3 is 29.6 Å². The normalized spacial score (nSPS) is 11.7. The van der Waals surface area contributed by atoms with Crippen LogP contribution >= 0.6 is 0 Å². The quantitative estimate of drug-likeness (QED) is 0.484. The van der Waals surface area contributed by atoms with Crippen LogP contribution < -0.4 is 0 Å². The molecular weight excluding hydrogens is 319 g/mol. The molecule has 2 rings (SSSR count). The molecule has 0 aliphatic heterocycles. The maximum absolute atomic E-state index is 11.7.